The normalized spacial score (nSPS) is 11.7. The minimum Gasteiger partial charge on any atom is -0.430 e. The quantitative estimate of drug-likeness (QED) is 0.363. The Labute approximate surface area is 199 Å². The first-order valence-corrected chi connectivity index (χ1v) is 11.8. The highest BCUT2D eigenvalue weighted by molar-refractivity contribution is 7.07. The van der Waals surface area contributed by atoms with E-state index in [0.29, 0.717) is 16.7 Å². The van der Waals surface area contributed by atoms with Crippen molar-refractivity contribution in [1.29, 1.82) is 0 Å². The predicted octanol–water partition coefficient (Wildman–Crippen LogP) is 5.76. The fourth-order valence-corrected chi connectivity index (χ4v) is 4.07. The Morgan fingerprint density at radius 2 is 1.76 bits per heavy atom. The molecule has 4 aromatic rings. The van der Waals surface area contributed by atoms with Crippen LogP contribution in [0.25, 0.3) is 11.5 Å². The van der Waals surface area contributed by atoms with Crippen molar-refractivity contribution in [2.24, 2.45) is 0 Å². The number of rotatable bonds is 6. The zero-order valence-electron chi connectivity index (χ0n) is 20.3. The molecule has 0 aliphatic carbocycles. The Balaban J connectivity index is 1.47. The molecule has 0 aliphatic rings. The van der Waals surface area contributed by atoms with E-state index in [0.717, 1.165) is 35.7 Å². The van der Waals surface area contributed by atoms with Crippen LogP contribution in [-0.2, 0) is 18.4 Å². The molecule has 0 bridgehead atoms. The van der Waals surface area contributed by atoms with Crippen LogP contribution in [0, 0.1) is 27.7 Å². The summed E-state index contributed by atoms with van der Waals surface area (Å²) in [7, 11) is 0. The Morgan fingerprint density at radius 3 is 2.39 bits per heavy atom. The van der Waals surface area contributed by atoms with Gasteiger partial charge in [0.15, 0.2) is 5.82 Å². The number of aryl methyl sites for hydroxylation is 5. The van der Waals surface area contributed by atoms with Gasteiger partial charge >= 0.3 is 0 Å². The van der Waals surface area contributed by atoms with Crippen molar-refractivity contribution < 1.29 is 4.74 Å². The van der Waals surface area contributed by atoms with Crippen LogP contribution >= 0.6 is 11.5 Å². The molecule has 0 radical (unpaired) electrons. The molecule has 0 aliphatic heterocycles. The van der Waals surface area contributed by atoms with Gasteiger partial charge in [0.25, 0.3) is 5.19 Å². The van der Waals surface area contributed by atoms with Crippen LogP contribution in [-0.4, -0.2) is 28.9 Å². The maximum absolute atomic E-state index is 6.09. The predicted molar refractivity (Wildman–Crippen MR) is 131 cm³/mol. The van der Waals surface area contributed by atoms with Gasteiger partial charge in [-0.15, -0.1) is 0 Å². The van der Waals surface area contributed by atoms with Gasteiger partial charge in [0, 0.05) is 35.4 Å². The molecule has 0 unspecified atom stereocenters. The first-order chi connectivity index (χ1) is 15.6. The van der Waals surface area contributed by atoms with Crippen LogP contribution < -0.4 is 4.74 Å². The summed E-state index contributed by atoms with van der Waals surface area (Å²) >= 11 is 1.22. The van der Waals surface area contributed by atoms with Gasteiger partial charge in [0.05, 0.1) is 23.9 Å². The lowest BCUT2D eigenvalue weighted by molar-refractivity contribution is 0.474. The lowest BCUT2D eigenvalue weighted by Gasteiger charge is -2.16. The molecule has 4 rings (SSSR count). The van der Waals surface area contributed by atoms with Gasteiger partial charge in [0.2, 0.25) is 0 Å². The van der Waals surface area contributed by atoms with Crippen LogP contribution in [0.15, 0.2) is 30.9 Å². The number of benzene rings is 1. The third-order valence-corrected chi connectivity index (χ3v) is 6.45. The van der Waals surface area contributed by atoms with Crippen LogP contribution in [0.2, 0.25) is 0 Å². The average molecular weight is 463 g/mol. The van der Waals surface area contributed by atoms with Gasteiger partial charge < -0.3 is 9.30 Å². The Hall–Kier alpha value is -3.13. The average Bonchev–Trinajstić information content (AvgIpc) is 3.36. The van der Waals surface area contributed by atoms with Crippen molar-refractivity contribution >= 4 is 11.5 Å². The monoisotopic (exact) mass is 462 g/mol. The number of hydrogen-bond donors (Lipinski definition) is 0. The van der Waals surface area contributed by atoms with Gasteiger partial charge in [-0.3, -0.25) is 4.98 Å². The first-order valence-electron chi connectivity index (χ1n) is 11.0. The van der Waals surface area contributed by atoms with E-state index in [1.165, 1.54) is 28.4 Å². The van der Waals surface area contributed by atoms with E-state index in [2.05, 4.69) is 82.6 Å². The van der Waals surface area contributed by atoms with Crippen LogP contribution in [0.4, 0.5) is 0 Å². The summed E-state index contributed by atoms with van der Waals surface area (Å²) in [5.74, 6) is 1.32. The first kappa shape index (κ1) is 23.0. The summed E-state index contributed by atoms with van der Waals surface area (Å²) in [4.78, 5) is 17.9. The van der Waals surface area contributed by atoms with Crippen molar-refractivity contribution in [2.75, 3.05) is 0 Å². The van der Waals surface area contributed by atoms with E-state index < -0.39 is 0 Å². The van der Waals surface area contributed by atoms with E-state index in [1.54, 1.807) is 12.4 Å². The van der Waals surface area contributed by atoms with Crippen LogP contribution in [0.1, 0.15) is 54.5 Å². The van der Waals surface area contributed by atoms with E-state index in [4.69, 9.17) is 4.74 Å². The molecule has 0 saturated heterocycles. The lowest BCUT2D eigenvalue weighted by Crippen LogP contribution is -2.13. The fourth-order valence-electron chi connectivity index (χ4n) is 3.52. The third kappa shape index (κ3) is 5.11. The number of hydrogen-bond acceptors (Lipinski definition) is 7. The standard InChI is InChI=1S/C25H30N6OS/c1-15-11-21(16(2)10-19(15)8-9-31-14-28-17(3)18(31)4)32-24-29-23(30-33-24)20-12-27-22(13-26-20)25(5,6)7/h10-14H,8-9H2,1-7H3. The minimum atomic E-state index is -0.0482. The summed E-state index contributed by atoms with van der Waals surface area (Å²) in [6.07, 6.45) is 6.37. The Bertz CT molecular complexity index is 1270. The highest BCUT2D eigenvalue weighted by atomic mass is 32.1. The smallest absolute Gasteiger partial charge is 0.299 e. The topological polar surface area (TPSA) is 78.6 Å². The second kappa shape index (κ2) is 9.02. The lowest BCUT2D eigenvalue weighted by atomic mass is 9.93. The SMILES string of the molecule is Cc1cc(Oc2nc(-c3cnc(C(C)(C)C)cn3)ns2)c(C)cc1CCn1cnc(C)c1C. The van der Waals surface area contributed by atoms with Crippen LogP contribution in [0.3, 0.4) is 0 Å². The van der Waals surface area contributed by atoms with Crippen molar-refractivity contribution in [3.8, 4) is 22.5 Å². The molecule has 1 aromatic carbocycles. The molecule has 3 aromatic heterocycles. The molecule has 8 heteroatoms. The molecule has 0 spiro atoms. The zero-order valence-corrected chi connectivity index (χ0v) is 21.1. The summed E-state index contributed by atoms with van der Waals surface area (Å²) in [6, 6.07) is 4.28. The summed E-state index contributed by atoms with van der Waals surface area (Å²) in [6.45, 7) is 15.6. The molecule has 0 saturated carbocycles. The third-order valence-electron chi connectivity index (χ3n) is 5.85. The Kier molecular flexibility index (Phi) is 6.30. The summed E-state index contributed by atoms with van der Waals surface area (Å²) < 4.78 is 12.7. The number of imidazole rings is 1. The molecule has 172 valence electrons. The maximum Gasteiger partial charge on any atom is 0.299 e. The van der Waals surface area contributed by atoms with E-state index in [9.17, 15) is 0 Å². The van der Waals surface area contributed by atoms with E-state index in [-0.39, 0.29) is 5.41 Å². The van der Waals surface area contributed by atoms with Gasteiger partial charge in [-0.1, -0.05) is 26.8 Å². The Morgan fingerprint density at radius 1 is 0.970 bits per heavy atom. The van der Waals surface area contributed by atoms with Crippen molar-refractivity contribution in [2.45, 2.75) is 66.8 Å². The van der Waals surface area contributed by atoms with Gasteiger partial charge in [-0.25, -0.2) is 9.97 Å². The van der Waals surface area contributed by atoms with Crippen molar-refractivity contribution in [1.82, 2.24) is 28.9 Å². The highest BCUT2D eigenvalue weighted by Gasteiger charge is 2.17. The van der Waals surface area contributed by atoms with Crippen molar-refractivity contribution in [3.63, 3.8) is 0 Å². The number of ether oxygens (including phenoxy) is 1. The van der Waals surface area contributed by atoms with Gasteiger partial charge in [-0.2, -0.15) is 9.36 Å². The molecular formula is C25H30N6OS. The molecule has 7 nitrogen and oxygen atoms in total. The van der Waals surface area contributed by atoms with Crippen molar-refractivity contribution in [3.05, 3.63) is 64.6 Å². The summed E-state index contributed by atoms with van der Waals surface area (Å²) in [5.41, 5.74) is 7.39. The molecule has 3 heterocycles. The maximum atomic E-state index is 6.09. The van der Waals surface area contributed by atoms with E-state index in [1.807, 2.05) is 13.3 Å². The van der Waals surface area contributed by atoms with Crippen LogP contribution in [0.5, 0.6) is 10.9 Å². The number of aromatic nitrogens is 6. The second-order valence-corrected chi connectivity index (χ2v) is 10.1. The second-order valence-electron chi connectivity index (χ2n) is 9.43. The molecule has 0 atom stereocenters. The largest absolute Gasteiger partial charge is 0.430 e. The zero-order chi connectivity index (χ0) is 23.8. The molecule has 33 heavy (non-hydrogen) atoms. The molecule has 0 fully saturated rings. The molecule has 0 N–H and O–H groups in total. The van der Waals surface area contributed by atoms with Gasteiger partial charge in [-0.05, 0) is 56.9 Å². The minimum absolute atomic E-state index is 0.0482. The highest BCUT2D eigenvalue weighted by Crippen LogP contribution is 2.31. The number of nitrogens with zero attached hydrogens (tertiary/aromatic N) is 6. The molecule has 0 amide bonds. The fraction of sp³-hybridized carbons (Fsp3) is 0.400. The molecular weight excluding hydrogens is 432 g/mol. The van der Waals surface area contributed by atoms with Gasteiger partial charge in [0.1, 0.15) is 11.4 Å². The van der Waals surface area contributed by atoms with E-state index >= 15 is 0 Å². The summed E-state index contributed by atoms with van der Waals surface area (Å²) in [5, 5.41) is 0.492.